The van der Waals surface area contributed by atoms with Gasteiger partial charge in [0.1, 0.15) is 6.61 Å². The van der Waals surface area contributed by atoms with Crippen molar-refractivity contribution in [3.63, 3.8) is 0 Å². The van der Waals surface area contributed by atoms with Crippen molar-refractivity contribution in [1.82, 2.24) is 5.32 Å². The van der Waals surface area contributed by atoms with Crippen molar-refractivity contribution >= 4 is 34.8 Å². The number of aliphatic hydroxyl groups is 1. The molecule has 0 spiro atoms. The van der Waals surface area contributed by atoms with E-state index >= 15 is 0 Å². The maximum atomic E-state index is 10.3. The predicted molar refractivity (Wildman–Crippen MR) is 122 cm³/mol. The van der Waals surface area contributed by atoms with E-state index in [4.69, 9.17) is 44.3 Å². The number of rotatable bonds is 9. The van der Waals surface area contributed by atoms with E-state index in [0.717, 1.165) is 16.7 Å². The van der Waals surface area contributed by atoms with E-state index in [0.29, 0.717) is 39.7 Å². The Kier molecular flexibility index (Phi) is 8.25. The van der Waals surface area contributed by atoms with E-state index in [1.165, 1.54) is 0 Å². The highest BCUT2D eigenvalue weighted by Gasteiger charge is 2.14. The van der Waals surface area contributed by atoms with E-state index < -0.39 is 6.10 Å². The molecular formula is C23H22Cl3NO3. The zero-order chi connectivity index (χ0) is 21.5. The lowest BCUT2D eigenvalue weighted by Crippen LogP contribution is -2.21. The van der Waals surface area contributed by atoms with Gasteiger partial charge in [-0.05, 0) is 35.4 Å². The van der Waals surface area contributed by atoms with E-state index in [-0.39, 0.29) is 6.61 Å². The van der Waals surface area contributed by atoms with Crippen LogP contribution in [0.4, 0.5) is 0 Å². The number of hydrogen-bond donors (Lipinski definition) is 2. The van der Waals surface area contributed by atoms with Gasteiger partial charge in [0.05, 0.1) is 18.2 Å². The molecule has 3 aromatic rings. The summed E-state index contributed by atoms with van der Waals surface area (Å²) in [4.78, 5) is 0. The van der Waals surface area contributed by atoms with E-state index in [9.17, 15) is 5.11 Å². The zero-order valence-corrected chi connectivity index (χ0v) is 18.6. The van der Waals surface area contributed by atoms with Crippen LogP contribution in [0.15, 0.2) is 60.7 Å². The van der Waals surface area contributed by atoms with Crippen molar-refractivity contribution in [2.24, 2.45) is 0 Å². The number of ether oxygens (including phenoxy) is 2. The normalized spacial score (nSPS) is 11.9. The predicted octanol–water partition coefficient (Wildman–Crippen LogP) is 6.06. The van der Waals surface area contributed by atoms with Gasteiger partial charge in [0.25, 0.3) is 0 Å². The van der Waals surface area contributed by atoms with Crippen molar-refractivity contribution in [1.29, 1.82) is 0 Å². The average molecular weight is 467 g/mol. The second-order valence-electron chi connectivity index (χ2n) is 6.69. The van der Waals surface area contributed by atoms with Crippen LogP contribution in [-0.4, -0.2) is 18.8 Å². The second kappa shape index (κ2) is 10.9. The monoisotopic (exact) mass is 465 g/mol. The molecule has 3 rings (SSSR count). The maximum absolute atomic E-state index is 10.3. The van der Waals surface area contributed by atoms with Crippen LogP contribution in [0.5, 0.6) is 11.5 Å². The van der Waals surface area contributed by atoms with Crippen LogP contribution >= 0.6 is 34.8 Å². The number of nitrogens with one attached hydrogen (secondary N) is 1. The Hall–Kier alpha value is -1.95. The van der Waals surface area contributed by atoms with Gasteiger partial charge in [0.2, 0.25) is 0 Å². The van der Waals surface area contributed by atoms with Crippen molar-refractivity contribution in [2.45, 2.75) is 19.3 Å². The Morgan fingerprint density at radius 3 is 2.43 bits per heavy atom. The molecule has 4 nitrogen and oxygen atoms in total. The topological polar surface area (TPSA) is 50.7 Å². The number of halogens is 3. The smallest absolute Gasteiger partial charge is 0.180 e. The quantitative estimate of drug-likeness (QED) is 0.402. The minimum absolute atomic E-state index is 0.229. The van der Waals surface area contributed by atoms with E-state index in [2.05, 4.69) is 5.32 Å². The minimum Gasteiger partial charge on any atom is -0.493 e. The summed E-state index contributed by atoms with van der Waals surface area (Å²) in [6.45, 7) is 1.16. The van der Waals surface area contributed by atoms with Gasteiger partial charge in [-0.3, -0.25) is 0 Å². The third-order valence-electron chi connectivity index (χ3n) is 4.53. The fourth-order valence-electron chi connectivity index (χ4n) is 2.95. The molecule has 0 aliphatic carbocycles. The highest BCUT2D eigenvalue weighted by atomic mass is 35.5. The van der Waals surface area contributed by atoms with Crippen molar-refractivity contribution in [3.8, 4) is 11.5 Å². The van der Waals surface area contributed by atoms with Gasteiger partial charge in [-0.1, -0.05) is 71.2 Å². The molecule has 0 saturated heterocycles. The third-order valence-corrected chi connectivity index (χ3v) is 5.40. The van der Waals surface area contributed by atoms with Gasteiger partial charge >= 0.3 is 0 Å². The molecule has 1 atom stereocenters. The first-order valence-corrected chi connectivity index (χ1v) is 10.5. The Balaban J connectivity index is 1.63. The first-order chi connectivity index (χ1) is 14.5. The Morgan fingerprint density at radius 1 is 0.967 bits per heavy atom. The lowest BCUT2D eigenvalue weighted by atomic mass is 10.1. The summed E-state index contributed by atoms with van der Waals surface area (Å²) in [5.41, 5.74) is 2.57. The molecule has 158 valence electrons. The molecule has 0 bridgehead atoms. The maximum Gasteiger partial charge on any atom is 0.180 e. The van der Waals surface area contributed by atoms with Crippen molar-refractivity contribution in [2.75, 3.05) is 13.7 Å². The lowest BCUT2D eigenvalue weighted by molar-refractivity contribution is 0.174. The van der Waals surface area contributed by atoms with Crippen LogP contribution in [0, 0.1) is 0 Å². The molecule has 0 radical (unpaired) electrons. The van der Waals surface area contributed by atoms with Gasteiger partial charge < -0.3 is 19.9 Å². The zero-order valence-electron chi connectivity index (χ0n) is 16.4. The highest BCUT2D eigenvalue weighted by molar-refractivity contribution is 6.35. The second-order valence-corrected chi connectivity index (χ2v) is 7.94. The van der Waals surface area contributed by atoms with Gasteiger partial charge in [-0.25, -0.2) is 0 Å². The van der Waals surface area contributed by atoms with Crippen LogP contribution in [0.1, 0.15) is 22.8 Å². The number of benzene rings is 3. The average Bonchev–Trinajstić information content (AvgIpc) is 2.74. The fraction of sp³-hybridized carbons (Fsp3) is 0.217. The summed E-state index contributed by atoms with van der Waals surface area (Å²) in [6.07, 6.45) is -0.588. The lowest BCUT2D eigenvalue weighted by Gasteiger charge is -2.16. The largest absolute Gasteiger partial charge is 0.493 e. The summed E-state index contributed by atoms with van der Waals surface area (Å²) < 4.78 is 11.3. The Morgan fingerprint density at radius 2 is 1.73 bits per heavy atom. The molecule has 3 aromatic carbocycles. The molecule has 0 aromatic heterocycles. The van der Waals surface area contributed by atoms with E-state index in [1.54, 1.807) is 25.3 Å². The number of methoxy groups -OCH3 is 1. The van der Waals surface area contributed by atoms with Gasteiger partial charge in [0, 0.05) is 28.7 Å². The molecular weight excluding hydrogens is 445 g/mol. The summed E-state index contributed by atoms with van der Waals surface area (Å²) in [5.74, 6) is 0.964. The van der Waals surface area contributed by atoms with Crippen molar-refractivity contribution < 1.29 is 14.6 Å². The molecule has 0 aliphatic heterocycles. The summed E-state index contributed by atoms with van der Waals surface area (Å²) >= 11 is 18.6. The fourth-order valence-corrected chi connectivity index (χ4v) is 3.70. The number of hydrogen-bond acceptors (Lipinski definition) is 4. The van der Waals surface area contributed by atoms with Crippen LogP contribution in [0.2, 0.25) is 15.1 Å². The number of aliphatic hydroxyl groups excluding tert-OH is 1. The standard InChI is InChI=1S/C23H22Cl3NO3/c1-29-22-10-15(12-27-13-21(28)16-5-3-2-4-6-16)9-20(26)23(22)30-14-17-7-8-18(24)11-19(17)25/h2-11,21,27-28H,12-14H2,1H3/t21-/m1/s1. The first-order valence-electron chi connectivity index (χ1n) is 9.34. The summed E-state index contributed by atoms with van der Waals surface area (Å²) in [5, 5.41) is 15.0. The van der Waals surface area contributed by atoms with Gasteiger partial charge in [-0.2, -0.15) is 0 Å². The van der Waals surface area contributed by atoms with Crippen LogP contribution in [0.25, 0.3) is 0 Å². The van der Waals surface area contributed by atoms with Crippen LogP contribution < -0.4 is 14.8 Å². The molecule has 0 amide bonds. The minimum atomic E-state index is -0.588. The third kappa shape index (κ3) is 6.03. The molecule has 30 heavy (non-hydrogen) atoms. The Labute approximate surface area is 191 Å². The van der Waals surface area contributed by atoms with Crippen molar-refractivity contribution in [3.05, 3.63) is 92.4 Å². The molecule has 0 fully saturated rings. The first kappa shape index (κ1) is 22.7. The molecule has 0 saturated carbocycles. The van der Waals surface area contributed by atoms with Gasteiger partial charge in [0.15, 0.2) is 11.5 Å². The molecule has 0 aliphatic rings. The summed E-state index contributed by atoms with van der Waals surface area (Å²) in [6, 6.07) is 18.4. The van der Waals surface area contributed by atoms with Gasteiger partial charge in [-0.15, -0.1) is 0 Å². The molecule has 7 heteroatoms. The van der Waals surface area contributed by atoms with E-state index in [1.807, 2.05) is 42.5 Å². The molecule has 0 heterocycles. The SMILES string of the molecule is COc1cc(CNC[C@@H](O)c2ccccc2)cc(Cl)c1OCc1ccc(Cl)cc1Cl. The van der Waals surface area contributed by atoms with Crippen LogP contribution in [-0.2, 0) is 13.2 Å². The highest BCUT2D eigenvalue weighted by Crippen LogP contribution is 2.37. The van der Waals surface area contributed by atoms with Crippen LogP contribution in [0.3, 0.4) is 0 Å². The summed E-state index contributed by atoms with van der Waals surface area (Å²) in [7, 11) is 1.56. The molecule has 2 N–H and O–H groups in total. The molecule has 0 unspecified atom stereocenters. The Bertz CT molecular complexity index is 983.